The summed E-state index contributed by atoms with van der Waals surface area (Å²) in [7, 11) is 0. The average Bonchev–Trinajstić information content (AvgIpc) is 2.28. The van der Waals surface area contributed by atoms with Gasteiger partial charge in [0, 0.05) is 10.5 Å². The molecule has 1 aromatic carbocycles. The van der Waals surface area contributed by atoms with Crippen LogP contribution in [0, 0.1) is 10.5 Å². The first-order valence-electron chi connectivity index (χ1n) is 4.69. The molecule has 1 aromatic rings. The van der Waals surface area contributed by atoms with E-state index in [1.807, 2.05) is 35.6 Å². The van der Waals surface area contributed by atoms with Crippen molar-refractivity contribution in [2.75, 3.05) is 0 Å². The average molecular weight is 347 g/mol. The maximum Gasteiger partial charge on any atom is 0.321 e. The Kier molecular flexibility index (Phi) is 4.62. The zero-order valence-corrected chi connectivity index (χ0v) is 11.4. The number of halogens is 1. The zero-order chi connectivity index (χ0) is 13.0. The first kappa shape index (κ1) is 13.6. The van der Waals surface area contributed by atoms with Crippen molar-refractivity contribution < 1.29 is 19.2 Å². The van der Waals surface area contributed by atoms with Crippen LogP contribution in [0.15, 0.2) is 18.2 Å². The molecule has 0 spiro atoms. The van der Waals surface area contributed by atoms with Crippen LogP contribution in [0.1, 0.15) is 22.8 Å². The lowest BCUT2D eigenvalue weighted by Crippen LogP contribution is -2.35. The molecule has 0 aliphatic carbocycles. The Bertz CT molecular complexity index is 473. The number of nitrogens with zero attached hydrogens (tertiary/aromatic N) is 1. The van der Waals surface area contributed by atoms with E-state index in [2.05, 4.69) is 4.84 Å². The number of hydrogen-bond donors (Lipinski definition) is 0. The van der Waals surface area contributed by atoms with E-state index in [0.29, 0.717) is 14.2 Å². The third-order valence-electron chi connectivity index (χ3n) is 1.97. The fourth-order valence-corrected chi connectivity index (χ4v) is 1.79. The number of imide groups is 1. The van der Waals surface area contributed by atoms with E-state index < -0.39 is 11.8 Å². The van der Waals surface area contributed by atoms with Crippen molar-refractivity contribution in [3.63, 3.8) is 0 Å². The molecule has 0 aliphatic rings. The van der Waals surface area contributed by atoms with E-state index in [1.165, 1.54) is 0 Å². The summed E-state index contributed by atoms with van der Waals surface area (Å²) in [5, 5.41) is 0.434. The molecule has 0 saturated heterocycles. The molecule has 0 fully saturated rings. The van der Waals surface area contributed by atoms with Gasteiger partial charge in [-0.2, -0.15) is 0 Å². The highest BCUT2D eigenvalue weighted by Crippen LogP contribution is 2.16. The van der Waals surface area contributed by atoms with Crippen LogP contribution in [0.2, 0.25) is 0 Å². The van der Waals surface area contributed by atoms with Gasteiger partial charge in [0.05, 0.1) is 5.56 Å². The van der Waals surface area contributed by atoms with Crippen molar-refractivity contribution >= 4 is 40.9 Å². The molecule has 0 heterocycles. The number of carbonyl (C=O) groups is 3. The lowest BCUT2D eigenvalue weighted by molar-refractivity contribution is -0.174. The molecule has 0 atom stereocenters. The van der Waals surface area contributed by atoms with Gasteiger partial charge in [-0.25, -0.2) is 0 Å². The Balaban J connectivity index is 3.13. The standard InChI is InChI=1S/C11H10INO4/c1-7-3-4-10(12)9(5-7)11(16)13(8(2)15)17-6-14/h3-6H,1-2H3. The predicted octanol–water partition coefficient (Wildman–Crippen LogP) is 1.68. The van der Waals surface area contributed by atoms with Gasteiger partial charge in [0.15, 0.2) is 0 Å². The number of carbonyl (C=O) groups excluding carboxylic acids is 3. The summed E-state index contributed by atoms with van der Waals surface area (Å²) in [6.07, 6.45) is 0. The second-order valence-corrected chi connectivity index (χ2v) is 4.47. The molecule has 5 nitrogen and oxygen atoms in total. The highest BCUT2D eigenvalue weighted by atomic mass is 127. The van der Waals surface area contributed by atoms with Crippen LogP contribution in [-0.2, 0) is 14.4 Å². The maximum absolute atomic E-state index is 12.0. The van der Waals surface area contributed by atoms with E-state index in [0.717, 1.165) is 12.5 Å². The number of aryl methyl sites for hydroxylation is 1. The fraction of sp³-hybridized carbons (Fsp3) is 0.182. The van der Waals surface area contributed by atoms with Gasteiger partial charge in [-0.3, -0.25) is 14.4 Å². The molecule has 1 rings (SSSR count). The van der Waals surface area contributed by atoms with Crippen LogP contribution < -0.4 is 0 Å². The first-order chi connectivity index (χ1) is 7.97. The number of benzene rings is 1. The van der Waals surface area contributed by atoms with Crippen molar-refractivity contribution in [3.05, 3.63) is 32.9 Å². The summed E-state index contributed by atoms with van der Waals surface area (Å²) in [4.78, 5) is 37.7. The van der Waals surface area contributed by atoms with Gasteiger partial charge in [0.2, 0.25) is 0 Å². The lowest BCUT2D eigenvalue weighted by Gasteiger charge is -2.15. The minimum Gasteiger partial charge on any atom is -0.333 e. The summed E-state index contributed by atoms with van der Waals surface area (Å²) >= 11 is 1.97. The van der Waals surface area contributed by atoms with E-state index in [9.17, 15) is 14.4 Å². The van der Waals surface area contributed by atoms with Gasteiger partial charge in [-0.05, 0) is 41.6 Å². The second kappa shape index (κ2) is 5.76. The Morgan fingerprint density at radius 3 is 2.59 bits per heavy atom. The highest BCUT2D eigenvalue weighted by molar-refractivity contribution is 14.1. The van der Waals surface area contributed by atoms with E-state index in [1.54, 1.807) is 12.1 Å². The van der Waals surface area contributed by atoms with Gasteiger partial charge in [-0.1, -0.05) is 16.7 Å². The summed E-state index contributed by atoms with van der Waals surface area (Å²) in [5.41, 5.74) is 1.20. The van der Waals surface area contributed by atoms with Crippen LogP contribution >= 0.6 is 22.6 Å². The van der Waals surface area contributed by atoms with E-state index in [4.69, 9.17) is 0 Å². The molecule has 0 radical (unpaired) electrons. The minimum atomic E-state index is -0.655. The number of amides is 2. The molecule has 17 heavy (non-hydrogen) atoms. The summed E-state index contributed by atoms with van der Waals surface area (Å²) in [6, 6.07) is 5.23. The smallest absolute Gasteiger partial charge is 0.321 e. The van der Waals surface area contributed by atoms with Gasteiger partial charge in [0.25, 0.3) is 11.8 Å². The number of hydrogen-bond acceptors (Lipinski definition) is 4. The third-order valence-corrected chi connectivity index (χ3v) is 2.91. The Labute approximate surface area is 112 Å². The fourth-order valence-electron chi connectivity index (χ4n) is 1.22. The van der Waals surface area contributed by atoms with Crippen LogP contribution in [0.25, 0.3) is 0 Å². The van der Waals surface area contributed by atoms with Crippen molar-refractivity contribution in [1.82, 2.24) is 5.06 Å². The molecular weight excluding hydrogens is 337 g/mol. The summed E-state index contributed by atoms with van der Waals surface area (Å²) in [5.74, 6) is -1.31. The Morgan fingerprint density at radius 2 is 2.06 bits per heavy atom. The Hall–Kier alpha value is -1.44. The quantitative estimate of drug-likeness (QED) is 0.474. The minimum absolute atomic E-state index is 0.0436. The lowest BCUT2D eigenvalue weighted by atomic mass is 10.1. The number of rotatable bonds is 3. The topological polar surface area (TPSA) is 63.7 Å². The molecule has 6 heteroatoms. The highest BCUT2D eigenvalue weighted by Gasteiger charge is 2.23. The molecule has 0 bridgehead atoms. The molecule has 0 saturated carbocycles. The number of hydroxylamine groups is 2. The van der Waals surface area contributed by atoms with Gasteiger partial charge < -0.3 is 4.84 Å². The molecular formula is C11H10INO4. The van der Waals surface area contributed by atoms with Crippen molar-refractivity contribution in [1.29, 1.82) is 0 Å². The van der Waals surface area contributed by atoms with Gasteiger partial charge >= 0.3 is 6.47 Å². The molecule has 0 N–H and O–H groups in total. The summed E-state index contributed by atoms with van der Waals surface area (Å²) in [6.45, 7) is 3.01. The van der Waals surface area contributed by atoms with Crippen LogP contribution in [-0.4, -0.2) is 23.3 Å². The van der Waals surface area contributed by atoms with Crippen molar-refractivity contribution in [2.24, 2.45) is 0 Å². The van der Waals surface area contributed by atoms with Gasteiger partial charge in [0.1, 0.15) is 0 Å². The van der Waals surface area contributed by atoms with Gasteiger partial charge in [-0.15, -0.1) is 0 Å². The molecule has 2 amide bonds. The van der Waals surface area contributed by atoms with E-state index >= 15 is 0 Å². The van der Waals surface area contributed by atoms with Crippen LogP contribution in [0.4, 0.5) is 0 Å². The normalized spacial score (nSPS) is 9.59. The van der Waals surface area contributed by atoms with Crippen molar-refractivity contribution in [2.45, 2.75) is 13.8 Å². The maximum atomic E-state index is 12.0. The van der Waals surface area contributed by atoms with Crippen LogP contribution in [0.5, 0.6) is 0 Å². The molecule has 0 aromatic heterocycles. The van der Waals surface area contributed by atoms with Crippen molar-refractivity contribution in [3.8, 4) is 0 Å². The molecule has 0 unspecified atom stereocenters. The molecule has 90 valence electrons. The Morgan fingerprint density at radius 1 is 1.41 bits per heavy atom. The summed E-state index contributed by atoms with van der Waals surface area (Å²) < 4.78 is 0.680. The third kappa shape index (κ3) is 3.26. The SMILES string of the molecule is CC(=O)N(OC=O)C(=O)c1cc(C)ccc1I. The second-order valence-electron chi connectivity index (χ2n) is 3.30. The molecule has 0 aliphatic heterocycles. The first-order valence-corrected chi connectivity index (χ1v) is 5.77. The van der Waals surface area contributed by atoms with Crippen LogP contribution in [0.3, 0.4) is 0 Å². The van der Waals surface area contributed by atoms with E-state index in [-0.39, 0.29) is 6.47 Å². The predicted molar refractivity (Wildman–Crippen MR) is 67.9 cm³/mol. The monoisotopic (exact) mass is 347 g/mol. The largest absolute Gasteiger partial charge is 0.333 e. The zero-order valence-electron chi connectivity index (χ0n) is 9.27.